The first-order chi connectivity index (χ1) is 16.4. The molecule has 7 nitrogen and oxygen atoms in total. The molecule has 1 amide bonds. The average molecular weight is 485 g/mol. The number of ether oxygens (including phenoxy) is 2. The molecule has 176 valence electrons. The number of nitrogens with zero attached hydrogens (tertiary/aromatic N) is 3. The van der Waals surface area contributed by atoms with E-state index < -0.39 is 17.2 Å². The van der Waals surface area contributed by atoms with Crippen molar-refractivity contribution in [3.63, 3.8) is 0 Å². The van der Waals surface area contributed by atoms with Crippen molar-refractivity contribution in [2.24, 2.45) is 0 Å². The zero-order valence-electron chi connectivity index (χ0n) is 18.4. The molecule has 2 fully saturated rings. The van der Waals surface area contributed by atoms with Gasteiger partial charge in [0.2, 0.25) is 5.95 Å². The van der Waals surface area contributed by atoms with E-state index in [0.717, 1.165) is 46.2 Å². The van der Waals surface area contributed by atoms with E-state index in [1.165, 1.54) is 17.4 Å². The minimum Gasteiger partial charge on any atom is -0.379 e. The molecule has 0 saturated carbocycles. The van der Waals surface area contributed by atoms with Crippen LogP contribution in [0.15, 0.2) is 30.5 Å². The van der Waals surface area contributed by atoms with Crippen molar-refractivity contribution in [2.45, 2.75) is 31.5 Å². The van der Waals surface area contributed by atoms with Crippen LogP contribution in [0.2, 0.25) is 0 Å². The molecule has 34 heavy (non-hydrogen) atoms. The summed E-state index contributed by atoms with van der Waals surface area (Å²) in [5, 5.41) is 3.32. The molecule has 1 spiro atoms. The maximum Gasteiger partial charge on any atom is 0.256 e. The number of anilines is 1. The lowest BCUT2D eigenvalue weighted by molar-refractivity contribution is -0.126. The smallest absolute Gasteiger partial charge is 0.256 e. The Morgan fingerprint density at radius 1 is 1.24 bits per heavy atom. The minimum atomic E-state index is -0.923. The average Bonchev–Trinajstić information content (AvgIpc) is 3.50. The molecule has 0 bridgehead atoms. The van der Waals surface area contributed by atoms with E-state index >= 15 is 0 Å². The van der Waals surface area contributed by atoms with Gasteiger partial charge in [0.15, 0.2) is 11.6 Å². The number of fused-ring (bicyclic) bond motifs is 2. The second-order valence-corrected chi connectivity index (χ2v) is 10.00. The van der Waals surface area contributed by atoms with Gasteiger partial charge in [-0.3, -0.25) is 4.79 Å². The number of carbonyl (C=O) groups excluding carboxylic acids is 1. The van der Waals surface area contributed by atoms with Gasteiger partial charge in [-0.15, -0.1) is 11.3 Å². The Bertz CT molecular complexity index is 1290. The number of amides is 1. The van der Waals surface area contributed by atoms with Crippen LogP contribution in [0.3, 0.4) is 0 Å². The van der Waals surface area contributed by atoms with Crippen LogP contribution in [0.25, 0.3) is 10.6 Å². The van der Waals surface area contributed by atoms with Crippen LogP contribution >= 0.6 is 11.3 Å². The number of halogens is 2. The summed E-state index contributed by atoms with van der Waals surface area (Å²) in [5.74, 6) is -1.43. The molecule has 1 N–H and O–H groups in total. The fraction of sp³-hybridized carbons (Fsp3) is 0.375. The van der Waals surface area contributed by atoms with Crippen molar-refractivity contribution in [2.75, 3.05) is 31.7 Å². The Labute approximate surface area is 198 Å². The Morgan fingerprint density at radius 3 is 2.79 bits per heavy atom. The highest BCUT2D eigenvalue weighted by Gasteiger charge is 2.56. The highest BCUT2D eigenvalue weighted by Crippen LogP contribution is 2.50. The number of aromatic nitrogens is 2. The third-order valence-corrected chi connectivity index (χ3v) is 7.96. The van der Waals surface area contributed by atoms with Crippen molar-refractivity contribution in [1.82, 2.24) is 14.9 Å². The molecule has 1 atom stereocenters. The Balaban J connectivity index is 1.32. The van der Waals surface area contributed by atoms with Crippen LogP contribution in [0, 0.1) is 18.6 Å². The number of benzene rings is 1. The largest absolute Gasteiger partial charge is 0.379 e. The normalized spacial score (nSPS) is 20.6. The minimum absolute atomic E-state index is 0.140. The van der Waals surface area contributed by atoms with Crippen molar-refractivity contribution < 1.29 is 23.0 Å². The third kappa shape index (κ3) is 3.40. The van der Waals surface area contributed by atoms with E-state index in [-0.39, 0.29) is 18.5 Å². The first-order valence-corrected chi connectivity index (χ1v) is 11.9. The maximum atomic E-state index is 13.8. The molecular formula is C24H22F2N4O3S. The van der Waals surface area contributed by atoms with Crippen LogP contribution < -0.4 is 5.32 Å². The van der Waals surface area contributed by atoms with Gasteiger partial charge in [0, 0.05) is 24.2 Å². The molecule has 3 aliphatic rings. The van der Waals surface area contributed by atoms with Crippen LogP contribution in [-0.4, -0.2) is 53.2 Å². The summed E-state index contributed by atoms with van der Waals surface area (Å²) in [6.45, 7) is 4.22. The molecule has 1 aromatic carbocycles. The zero-order valence-corrected chi connectivity index (χ0v) is 19.3. The maximum absolute atomic E-state index is 13.8. The van der Waals surface area contributed by atoms with Crippen LogP contribution in [0.1, 0.15) is 32.8 Å². The lowest BCUT2D eigenvalue weighted by atomic mass is 9.94. The Morgan fingerprint density at radius 2 is 2.09 bits per heavy atom. The van der Waals surface area contributed by atoms with Gasteiger partial charge in [-0.05, 0) is 42.7 Å². The predicted molar refractivity (Wildman–Crippen MR) is 122 cm³/mol. The van der Waals surface area contributed by atoms with Gasteiger partial charge in [-0.2, -0.15) is 0 Å². The number of aryl methyl sites for hydroxylation is 1. The molecule has 3 aliphatic heterocycles. The number of thiophene rings is 1. The van der Waals surface area contributed by atoms with Crippen molar-refractivity contribution in [3.8, 4) is 10.6 Å². The second-order valence-electron chi connectivity index (χ2n) is 8.95. The highest BCUT2D eigenvalue weighted by atomic mass is 32.1. The topological polar surface area (TPSA) is 76.6 Å². The van der Waals surface area contributed by atoms with E-state index in [1.807, 2.05) is 13.0 Å². The van der Waals surface area contributed by atoms with Crippen molar-refractivity contribution >= 4 is 23.2 Å². The molecule has 2 aromatic heterocycles. The summed E-state index contributed by atoms with van der Waals surface area (Å²) < 4.78 is 38.1. The standard InChI is InChI=1S/C24H22F2N4O3S/c1-13-8-27-23(28-15-4-5-32-10-15)29-20(13)19-7-16-21(34-19)24(11-33-12-24)30(22(16)31)9-14-2-3-17(25)18(26)6-14/h2-3,6-8,15H,4-5,9-12H2,1H3,(H,27,28,29)/t15-/m1/s1. The van der Waals surface area contributed by atoms with E-state index in [2.05, 4.69) is 10.3 Å². The van der Waals surface area contributed by atoms with Crippen molar-refractivity contribution in [1.29, 1.82) is 0 Å². The zero-order chi connectivity index (χ0) is 23.4. The number of hydrogen-bond donors (Lipinski definition) is 1. The number of rotatable bonds is 5. The molecule has 0 radical (unpaired) electrons. The fourth-order valence-corrected chi connectivity index (χ4v) is 6.07. The molecule has 0 aliphatic carbocycles. The third-order valence-electron chi connectivity index (χ3n) is 6.62. The van der Waals surface area contributed by atoms with Gasteiger partial charge < -0.3 is 19.7 Å². The summed E-state index contributed by atoms with van der Waals surface area (Å²) in [5.41, 5.74) is 2.25. The summed E-state index contributed by atoms with van der Waals surface area (Å²) in [4.78, 5) is 26.1. The number of carbonyl (C=O) groups is 1. The lowest BCUT2D eigenvalue weighted by Gasteiger charge is -2.45. The van der Waals surface area contributed by atoms with E-state index in [4.69, 9.17) is 14.5 Å². The van der Waals surface area contributed by atoms with Crippen molar-refractivity contribution in [3.05, 3.63) is 63.7 Å². The van der Waals surface area contributed by atoms with Gasteiger partial charge >= 0.3 is 0 Å². The molecule has 6 rings (SSSR count). The van der Waals surface area contributed by atoms with Crippen LogP contribution in [-0.2, 0) is 21.6 Å². The molecular weight excluding hydrogens is 462 g/mol. The Hall–Kier alpha value is -2.95. The van der Waals surface area contributed by atoms with Gasteiger partial charge in [0.25, 0.3) is 5.91 Å². The SMILES string of the molecule is Cc1cnc(N[C@@H]2CCOC2)nc1-c1cc2c(s1)C1(COC1)N(Cc1ccc(F)c(F)c1)C2=O. The lowest BCUT2D eigenvalue weighted by Crippen LogP contribution is -2.56. The van der Waals surface area contributed by atoms with Gasteiger partial charge in [0.05, 0.1) is 42.0 Å². The van der Waals surface area contributed by atoms with Crippen LogP contribution in [0.4, 0.5) is 14.7 Å². The molecule has 10 heteroatoms. The van der Waals surface area contributed by atoms with E-state index in [9.17, 15) is 13.6 Å². The van der Waals surface area contributed by atoms with Crippen LogP contribution in [0.5, 0.6) is 0 Å². The summed E-state index contributed by atoms with van der Waals surface area (Å²) in [6, 6.07) is 5.80. The summed E-state index contributed by atoms with van der Waals surface area (Å²) in [7, 11) is 0. The molecule has 0 unspecified atom stereocenters. The first kappa shape index (κ1) is 21.6. The number of nitrogens with one attached hydrogen (secondary N) is 1. The van der Waals surface area contributed by atoms with Gasteiger partial charge in [-0.25, -0.2) is 18.7 Å². The fourth-order valence-electron chi connectivity index (χ4n) is 4.69. The summed E-state index contributed by atoms with van der Waals surface area (Å²) in [6.07, 6.45) is 2.69. The van der Waals surface area contributed by atoms with Gasteiger partial charge in [-0.1, -0.05) is 6.07 Å². The first-order valence-electron chi connectivity index (χ1n) is 11.1. The van der Waals surface area contributed by atoms with E-state index in [1.54, 1.807) is 11.1 Å². The molecule has 3 aromatic rings. The monoisotopic (exact) mass is 484 g/mol. The summed E-state index contributed by atoms with van der Waals surface area (Å²) >= 11 is 1.53. The molecule has 5 heterocycles. The van der Waals surface area contributed by atoms with E-state index in [0.29, 0.717) is 36.9 Å². The molecule has 2 saturated heterocycles. The quantitative estimate of drug-likeness (QED) is 0.593. The predicted octanol–water partition coefficient (Wildman–Crippen LogP) is 3.87. The van der Waals surface area contributed by atoms with Gasteiger partial charge in [0.1, 0.15) is 5.54 Å². The number of hydrogen-bond acceptors (Lipinski definition) is 7. The Kier molecular flexibility index (Phi) is 5.12. The highest BCUT2D eigenvalue weighted by molar-refractivity contribution is 7.16. The second kappa shape index (κ2) is 8.07.